The first-order chi connectivity index (χ1) is 27.7. The van der Waals surface area contributed by atoms with Gasteiger partial charge in [-0.05, 0) is 91.3 Å². The summed E-state index contributed by atoms with van der Waals surface area (Å²) >= 11 is 0. The lowest BCUT2D eigenvalue weighted by molar-refractivity contribution is 1.35. The molecule has 0 bridgehead atoms. The van der Waals surface area contributed by atoms with Crippen LogP contribution in [0, 0.1) is 22.7 Å². The highest BCUT2D eigenvalue weighted by atomic mass is 14.8. The quantitative estimate of drug-likeness (QED) is 0.132. The molecule has 0 atom stereocenters. The number of hydrogen-bond acceptors (Lipinski definition) is 4. The molecule has 0 unspecified atom stereocenters. The van der Waals surface area contributed by atoms with Gasteiger partial charge in [-0.2, -0.15) is 10.5 Å². The van der Waals surface area contributed by atoms with Crippen LogP contribution in [0.4, 0.5) is 0 Å². The molecule has 4 nitrogen and oxygen atoms in total. The van der Waals surface area contributed by atoms with Gasteiger partial charge in [0.2, 0.25) is 0 Å². The molecule has 0 radical (unpaired) electrons. The average Bonchev–Trinajstić information content (AvgIpc) is 3.28. The predicted octanol–water partition coefficient (Wildman–Crippen LogP) is 13.2. The van der Waals surface area contributed by atoms with Crippen molar-refractivity contribution in [3.8, 4) is 68.0 Å². The Morgan fingerprint density at radius 1 is 0.304 bits per heavy atom. The van der Waals surface area contributed by atoms with Crippen molar-refractivity contribution in [1.29, 1.82) is 10.5 Å². The van der Waals surface area contributed by atoms with E-state index in [9.17, 15) is 10.5 Å². The van der Waals surface area contributed by atoms with Crippen LogP contribution in [-0.4, -0.2) is 9.97 Å². The molecule has 10 rings (SSSR count). The van der Waals surface area contributed by atoms with E-state index in [1.54, 1.807) is 0 Å². The number of aromatic nitrogens is 2. The highest BCUT2D eigenvalue weighted by molar-refractivity contribution is 6.22. The molecule has 2 heterocycles. The number of rotatable bonds is 5. The second-order valence-corrected chi connectivity index (χ2v) is 13.9. The zero-order chi connectivity index (χ0) is 37.6. The van der Waals surface area contributed by atoms with Crippen molar-refractivity contribution in [3.05, 3.63) is 193 Å². The molecule has 10 aromatic rings. The fourth-order valence-electron chi connectivity index (χ4n) is 8.16. The minimum Gasteiger partial charge on any atom is -0.245 e. The Hall–Kier alpha value is -7.92. The Kier molecular flexibility index (Phi) is 7.88. The molecule has 4 heteroatoms. The van der Waals surface area contributed by atoms with Gasteiger partial charge in [0.15, 0.2) is 0 Å². The summed E-state index contributed by atoms with van der Waals surface area (Å²) < 4.78 is 0. The zero-order valence-electron chi connectivity index (χ0n) is 30.1. The van der Waals surface area contributed by atoms with E-state index in [1.807, 2.05) is 54.6 Å². The predicted molar refractivity (Wildman–Crippen MR) is 229 cm³/mol. The van der Waals surface area contributed by atoms with Crippen LogP contribution in [0.15, 0.2) is 182 Å². The zero-order valence-corrected chi connectivity index (χ0v) is 30.1. The molecule has 0 aliphatic heterocycles. The van der Waals surface area contributed by atoms with Crippen molar-refractivity contribution in [1.82, 2.24) is 9.97 Å². The van der Waals surface area contributed by atoms with E-state index < -0.39 is 0 Å². The first-order valence-corrected chi connectivity index (χ1v) is 18.5. The highest BCUT2D eigenvalue weighted by Gasteiger charge is 2.20. The topological polar surface area (TPSA) is 73.4 Å². The molecule has 0 amide bonds. The number of hydrogen-bond donors (Lipinski definition) is 0. The Morgan fingerprint density at radius 2 is 0.714 bits per heavy atom. The second kappa shape index (κ2) is 13.5. The van der Waals surface area contributed by atoms with Crippen LogP contribution in [0.3, 0.4) is 0 Å². The Morgan fingerprint density at radius 3 is 1.27 bits per heavy atom. The molecule has 258 valence electrons. The van der Waals surface area contributed by atoms with E-state index in [0.29, 0.717) is 32.9 Å². The van der Waals surface area contributed by atoms with E-state index in [-0.39, 0.29) is 0 Å². The molecule has 0 saturated carbocycles. The number of nitriles is 2. The van der Waals surface area contributed by atoms with Crippen LogP contribution >= 0.6 is 0 Å². The van der Waals surface area contributed by atoms with E-state index in [1.165, 1.54) is 43.8 Å². The van der Waals surface area contributed by atoms with E-state index in [4.69, 9.17) is 9.97 Å². The van der Waals surface area contributed by atoms with Gasteiger partial charge in [-0.25, -0.2) is 9.97 Å². The highest BCUT2D eigenvalue weighted by Crippen LogP contribution is 2.45. The fraction of sp³-hybridized carbons (Fsp3) is 0. The van der Waals surface area contributed by atoms with Crippen LogP contribution < -0.4 is 0 Å². The Labute approximate surface area is 323 Å². The van der Waals surface area contributed by atoms with Crippen LogP contribution in [0.25, 0.3) is 99.2 Å². The summed E-state index contributed by atoms with van der Waals surface area (Å²) in [6.07, 6.45) is 0. The third-order valence-electron chi connectivity index (χ3n) is 10.7. The minimum atomic E-state index is 0.310. The molecular weight excluding hydrogens is 681 g/mol. The van der Waals surface area contributed by atoms with Gasteiger partial charge in [0.1, 0.15) is 12.1 Å². The third kappa shape index (κ3) is 5.37. The smallest absolute Gasteiger partial charge is 0.101 e. The van der Waals surface area contributed by atoms with E-state index in [2.05, 4.69) is 140 Å². The number of benzene rings is 8. The maximum atomic E-state index is 10.2. The molecule has 2 aromatic heterocycles. The average molecular weight is 711 g/mol. The molecule has 0 aliphatic carbocycles. The van der Waals surface area contributed by atoms with Crippen molar-refractivity contribution in [2.75, 3.05) is 0 Å². The summed E-state index contributed by atoms with van der Waals surface area (Å²) in [5.74, 6) is 0. The molecule has 56 heavy (non-hydrogen) atoms. The molecule has 0 fully saturated rings. The van der Waals surface area contributed by atoms with Gasteiger partial charge in [0, 0.05) is 21.9 Å². The van der Waals surface area contributed by atoms with Crippen LogP contribution in [0.1, 0.15) is 11.1 Å². The fourth-order valence-corrected chi connectivity index (χ4v) is 8.16. The summed E-state index contributed by atoms with van der Waals surface area (Å²) in [5.41, 5.74) is 12.2. The van der Waals surface area contributed by atoms with Crippen LogP contribution in [0.5, 0.6) is 0 Å². The van der Waals surface area contributed by atoms with Gasteiger partial charge in [-0.15, -0.1) is 0 Å². The van der Waals surface area contributed by atoms with Crippen LogP contribution in [-0.2, 0) is 0 Å². The van der Waals surface area contributed by atoms with Gasteiger partial charge in [-0.3, -0.25) is 0 Å². The molecule has 0 aliphatic rings. The number of fused-ring (bicyclic) bond motifs is 5. The number of pyridine rings is 2. The lowest BCUT2D eigenvalue weighted by atomic mass is 9.85. The van der Waals surface area contributed by atoms with Crippen molar-refractivity contribution in [2.24, 2.45) is 0 Å². The molecule has 0 spiro atoms. The molecular formula is C52H30N4. The van der Waals surface area contributed by atoms with Crippen molar-refractivity contribution >= 4 is 43.4 Å². The number of nitrogens with zero attached hydrogens (tertiary/aromatic N) is 4. The molecule has 0 saturated heterocycles. The summed E-state index contributed by atoms with van der Waals surface area (Å²) in [6, 6.07) is 67.4. The SMILES string of the molecule is N#Cc1c(C#N)c2ccc(-c3cccc(-c4ccc5c(-c6ccccc6)c6ccccc6c(-c6ccccc6)c5c4)c3)nc2c2nc(-c3ccccc3)ccc12. The second-order valence-electron chi connectivity index (χ2n) is 13.9. The summed E-state index contributed by atoms with van der Waals surface area (Å²) in [5, 5.41) is 26.5. The standard InChI is InChI=1S/C52H30N4/c53-31-45-42-25-27-47(33-13-4-1-5-14-33)55-51(42)52-43(46(45)32-54)26-28-48(56-52)38-20-12-19-36(29-38)37-23-24-41-44(30-37)50(35-17-8-3-9-18-35)40-22-11-10-21-39(40)49(41)34-15-6-2-7-16-34/h1-30H. The third-order valence-corrected chi connectivity index (χ3v) is 10.7. The van der Waals surface area contributed by atoms with Crippen molar-refractivity contribution in [2.45, 2.75) is 0 Å². The maximum absolute atomic E-state index is 10.2. The van der Waals surface area contributed by atoms with Gasteiger partial charge in [-0.1, -0.05) is 146 Å². The van der Waals surface area contributed by atoms with Gasteiger partial charge in [0.25, 0.3) is 0 Å². The van der Waals surface area contributed by atoms with Gasteiger partial charge < -0.3 is 0 Å². The largest absolute Gasteiger partial charge is 0.245 e. The summed E-state index contributed by atoms with van der Waals surface area (Å²) in [7, 11) is 0. The van der Waals surface area contributed by atoms with Crippen LogP contribution in [0.2, 0.25) is 0 Å². The normalized spacial score (nSPS) is 11.2. The first-order valence-electron chi connectivity index (χ1n) is 18.5. The Bertz CT molecular complexity index is 3250. The van der Waals surface area contributed by atoms with E-state index >= 15 is 0 Å². The van der Waals surface area contributed by atoms with Gasteiger partial charge in [0.05, 0.1) is 33.5 Å². The van der Waals surface area contributed by atoms with E-state index in [0.717, 1.165) is 33.6 Å². The first kappa shape index (κ1) is 32.7. The Balaban J connectivity index is 1.17. The maximum Gasteiger partial charge on any atom is 0.101 e. The minimum absolute atomic E-state index is 0.310. The lowest BCUT2D eigenvalue weighted by Gasteiger charge is -2.19. The summed E-state index contributed by atoms with van der Waals surface area (Å²) in [4.78, 5) is 10.2. The van der Waals surface area contributed by atoms with Crippen molar-refractivity contribution < 1.29 is 0 Å². The lowest BCUT2D eigenvalue weighted by Crippen LogP contribution is -1.97. The summed E-state index contributed by atoms with van der Waals surface area (Å²) in [6.45, 7) is 0. The molecule has 8 aromatic carbocycles. The van der Waals surface area contributed by atoms with Gasteiger partial charge >= 0.3 is 0 Å². The van der Waals surface area contributed by atoms with Crippen molar-refractivity contribution in [3.63, 3.8) is 0 Å². The molecule has 0 N–H and O–H groups in total. The monoisotopic (exact) mass is 710 g/mol.